The molecule has 1 aromatic carbocycles. The summed E-state index contributed by atoms with van der Waals surface area (Å²) in [6.45, 7) is 4.22. The van der Waals surface area contributed by atoms with Gasteiger partial charge in [-0.1, -0.05) is 38.5 Å². The zero-order valence-electron chi connectivity index (χ0n) is 18.3. The second kappa shape index (κ2) is 11.7. The first-order valence-corrected chi connectivity index (χ1v) is 11.7. The van der Waals surface area contributed by atoms with Crippen molar-refractivity contribution in [2.75, 3.05) is 6.61 Å². The number of aromatic nitrogens is 1. The Bertz CT molecular complexity index is 930. The molecule has 0 aliphatic carbocycles. The van der Waals surface area contributed by atoms with Crippen LogP contribution >= 0.6 is 11.8 Å². The molecule has 0 spiro atoms. The molecular weight excluding hydrogens is 428 g/mol. The fraction of sp³-hybridized carbons (Fsp3) is 0.417. The van der Waals surface area contributed by atoms with Gasteiger partial charge in [-0.25, -0.2) is 0 Å². The maximum Gasteiger partial charge on any atom is 0.306 e. The van der Waals surface area contributed by atoms with E-state index in [1.165, 1.54) is 0 Å². The first kappa shape index (κ1) is 23.8. The number of ether oxygens (including phenoxy) is 2. The van der Waals surface area contributed by atoms with E-state index in [1.807, 2.05) is 31.2 Å². The molecule has 1 fully saturated rings. The number of pyridine rings is 1. The maximum atomic E-state index is 12.2. The average molecular weight is 457 g/mol. The van der Waals surface area contributed by atoms with Gasteiger partial charge in [0.2, 0.25) is 5.12 Å². The van der Waals surface area contributed by atoms with E-state index in [9.17, 15) is 14.4 Å². The van der Waals surface area contributed by atoms with Crippen LogP contribution in [0.1, 0.15) is 56.0 Å². The molecule has 7 nitrogen and oxygen atoms in total. The Labute approximate surface area is 192 Å². The Morgan fingerprint density at radius 3 is 2.47 bits per heavy atom. The molecule has 3 rings (SSSR count). The van der Waals surface area contributed by atoms with Crippen LogP contribution in [0, 0.1) is 0 Å². The van der Waals surface area contributed by atoms with Gasteiger partial charge in [0, 0.05) is 30.8 Å². The highest BCUT2D eigenvalue weighted by Gasteiger charge is 2.31. The van der Waals surface area contributed by atoms with Crippen molar-refractivity contribution in [3.63, 3.8) is 0 Å². The summed E-state index contributed by atoms with van der Waals surface area (Å²) in [7, 11) is 0. The second-order valence-electron chi connectivity index (χ2n) is 7.59. The number of rotatable bonds is 11. The van der Waals surface area contributed by atoms with E-state index in [0.29, 0.717) is 36.0 Å². The minimum absolute atomic E-state index is 0.142. The number of aryl methyl sites for hydroxylation is 1. The van der Waals surface area contributed by atoms with Gasteiger partial charge >= 0.3 is 5.97 Å². The number of nitrogens with zero attached hydrogens (tertiary/aromatic N) is 1. The lowest BCUT2D eigenvalue weighted by Crippen LogP contribution is -2.30. The number of benzene rings is 1. The van der Waals surface area contributed by atoms with Gasteiger partial charge in [0.15, 0.2) is 6.10 Å². The summed E-state index contributed by atoms with van der Waals surface area (Å²) in [6.07, 6.45) is 4.56. The molecule has 8 heteroatoms. The third-order valence-electron chi connectivity index (χ3n) is 5.13. The monoisotopic (exact) mass is 456 g/mol. The van der Waals surface area contributed by atoms with Crippen LogP contribution in [0.15, 0.2) is 42.6 Å². The highest BCUT2D eigenvalue weighted by atomic mass is 32.2. The summed E-state index contributed by atoms with van der Waals surface area (Å²) in [4.78, 5) is 39.8. The van der Waals surface area contributed by atoms with Crippen molar-refractivity contribution in [2.24, 2.45) is 0 Å². The number of amides is 1. The van der Waals surface area contributed by atoms with Crippen LogP contribution in [-0.2, 0) is 27.2 Å². The van der Waals surface area contributed by atoms with Crippen LogP contribution in [0.4, 0.5) is 4.79 Å². The van der Waals surface area contributed by atoms with E-state index in [1.54, 1.807) is 18.3 Å². The van der Waals surface area contributed by atoms with E-state index >= 15 is 0 Å². The molecule has 1 aliphatic rings. The first-order chi connectivity index (χ1) is 15.5. The highest BCUT2D eigenvalue weighted by Crippen LogP contribution is 2.23. The van der Waals surface area contributed by atoms with Crippen molar-refractivity contribution >= 4 is 28.1 Å². The van der Waals surface area contributed by atoms with Crippen LogP contribution in [-0.4, -0.2) is 34.0 Å². The Hall–Kier alpha value is -2.87. The van der Waals surface area contributed by atoms with Gasteiger partial charge in [-0.2, -0.15) is 0 Å². The predicted octanol–water partition coefficient (Wildman–Crippen LogP) is 4.39. The number of hydrogen-bond acceptors (Lipinski definition) is 7. The molecule has 1 saturated heterocycles. The van der Waals surface area contributed by atoms with Gasteiger partial charge in [0.1, 0.15) is 18.4 Å². The summed E-state index contributed by atoms with van der Waals surface area (Å²) in [5.74, 6) is 0.350. The van der Waals surface area contributed by atoms with E-state index < -0.39 is 12.1 Å². The molecule has 2 atom stereocenters. The number of carbonyl (C=O) groups is 3. The molecular formula is C24H28N2O5S. The molecule has 2 aromatic rings. The quantitative estimate of drug-likeness (QED) is 0.501. The highest BCUT2D eigenvalue weighted by molar-refractivity contribution is 8.26. The van der Waals surface area contributed by atoms with Gasteiger partial charge in [-0.15, -0.1) is 0 Å². The number of thioether (sulfide) groups is 1. The molecule has 0 saturated carbocycles. The molecule has 1 aliphatic heterocycles. The van der Waals surface area contributed by atoms with E-state index in [2.05, 4.69) is 17.2 Å². The van der Waals surface area contributed by atoms with Crippen molar-refractivity contribution in [3.05, 3.63) is 59.4 Å². The van der Waals surface area contributed by atoms with Crippen LogP contribution in [0.3, 0.4) is 0 Å². The smallest absolute Gasteiger partial charge is 0.306 e. The Morgan fingerprint density at radius 2 is 1.88 bits per heavy atom. The van der Waals surface area contributed by atoms with Crippen molar-refractivity contribution < 1.29 is 23.9 Å². The summed E-state index contributed by atoms with van der Waals surface area (Å²) in [5.41, 5.74) is 2.67. The Morgan fingerprint density at radius 1 is 1.12 bits per heavy atom. The number of nitrogens with one attached hydrogen (secondary N) is 1. The molecule has 2 heterocycles. The average Bonchev–Trinajstić information content (AvgIpc) is 3.12. The topological polar surface area (TPSA) is 94.6 Å². The summed E-state index contributed by atoms with van der Waals surface area (Å²) < 4.78 is 11.6. The van der Waals surface area contributed by atoms with Gasteiger partial charge in [0.05, 0.1) is 5.69 Å². The molecule has 0 radical (unpaired) electrons. The zero-order valence-corrected chi connectivity index (χ0v) is 19.2. The molecule has 2 unspecified atom stereocenters. The van der Waals surface area contributed by atoms with Gasteiger partial charge in [0.25, 0.3) is 5.24 Å². The molecule has 1 N–H and O–H groups in total. The van der Waals surface area contributed by atoms with E-state index in [0.717, 1.165) is 30.4 Å². The lowest BCUT2D eigenvalue weighted by molar-refractivity contribution is -0.151. The van der Waals surface area contributed by atoms with Crippen molar-refractivity contribution in [2.45, 2.75) is 58.1 Å². The number of esters is 1. The minimum atomic E-state index is -0.603. The molecule has 32 heavy (non-hydrogen) atoms. The first-order valence-electron chi connectivity index (χ1n) is 10.9. The van der Waals surface area contributed by atoms with Gasteiger partial charge < -0.3 is 14.8 Å². The number of carbonyl (C=O) groups excluding carboxylic acids is 3. The molecule has 0 bridgehead atoms. The van der Waals surface area contributed by atoms with Crippen LogP contribution in [0.5, 0.6) is 5.75 Å². The lowest BCUT2D eigenvalue weighted by atomic mass is 10.1. The third kappa shape index (κ3) is 6.82. The van der Waals surface area contributed by atoms with E-state index in [-0.39, 0.29) is 22.9 Å². The Balaban J connectivity index is 1.61. The van der Waals surface area contributed by atoms with Crippen LogP contribution in [0.2, 0.25) is 0 Å². The third-order valence-corrected chi connectivity index (χ3v) is 5.92. The minimum Gasteiger partial charge on any atom is -0.489 e. The predicted molar refractivity (Wildman–Crippen MR) is 123 cm³/mol. The second-order valence-corrected chi connectivity index (χ2v) is 8.57. The van der Waals surface area contributed by atoms with Crippen molar-refractivity contribution in [1.29, 1.82) is 0 Å². The fourth-order valence-corrected chi connectivity index (χ4v) is 3.88. The molecule has 1 aromatic heterocycles. The summed E-state index contributed by atoms with van der Waals surface area (Å²) in [6, 6.07) is 10.7. The number of unbranched alkanes of at least 4 members (excludes halogenated alkanes) is 1. The summed E-state index contributed by atoms with van der Waals surface area (Å²) >= 11 is 0.711. The van der Waals surface area contributed by atoms with Gasteiger partial charge in [-0.05, 0) is 42.2 Å². The fourth-order valence-electron chi connectivity index (χ4n) is 3.21. The van der Waals surface area contributed by atoms with Gasteiger partial charge in [-0.3, -0.25) is 19.4 Å². The van der Waals surface area contributed by atoms with E-state index in [4.69, 9.17) is 9.47 Å². The Kier molecular flexibility index (Phi) is 8.67. The normalized spacial score (nSPS) is 16.5. The van der Waals surface area contributed by atoms with Crippen LogP contribution in [0.25, 0.3) is 0 Å². The number of hydrogen-bond donors (Lipinski definition) is 1. The largest absolute Gasteiger partial charge is 0.489 e. The van der Waals surface area contributed by atoms with Crippen molar-refractivity contribution in [3.8, 4) is 5.75 Å². The van der Waals surface area contributed by atoms with Crippen LogP contribution < -0.4 is 10.1 Å². The SMILES string of the molecule is CCCCC(=O)OC(COc1ccc(CC2NC(=O)SC2=O)cc1)c1ccc(CC)cn1. The maximum absolute atomic E-state index is 12.2. The zero-order chi connectivity index (χ0) is 22.9. The summed E-state index contributed by atoms with van der Waals surface area (Å²) in [5, 5.41) is 2.19. The molecule has 170 valence electrons. The standard InChI is InChI=1S/C24H28N2O5S/c1-3-5-6-22(27)31-21(19-12-9-16(4-2)14-25-19)15-30-18-10-7-17(8-11-18)13-20-23(28)32-24(29)26-20/h7-12,14,20-21H,3-6,13,15H2,1-2H3,(H,26,29). The van der Waals surface area contributed by atoms with Crippen molar-refractivity contribution in [1.82, 2.24) is 10.3 Å². The molecule has 1 amide bonds. The lowest BCUT2D eigenvalue weighted by Gasteiger charge is -2.19.